The van der Waals surface area contributed by atoms with Crippen LogP contribution in [0.25, 0.3) is 0 Å². The van der Waals surface area contributed by atoms with Gasteiger partial charge in [-0.15, -0.1) is 10.2 Å². The average molecular weight is 409 g/mol. The van der Waals surface area contributed by atoms with Crippen LogP contribution in [0.2, 0.25) is 5.02 Å². The minimum absolute atomic E-state index is 0.0125. The first-order chi connectivity index (χ1) is 12.9. The predicted molar refractivity (Wildman–Crippen MR) is 94.7 cm³/mol. The number of halogens is 1. The van der Waals surface area contributed by atoms with Gasteiger partial charge in [0, 0.05) is 23.9 Å². The van der Waals surface area contributed by atoms with Gasteiger partial charge in [0.05, 0.1) is 12.1 Å². The third-order valence-corrected chi connectivity index (χ3v) is 4.86. The van der Waals surface area contributed by atoms with Gasteiger partial charge < -0.3 is 13.7 Å². The fourth-order valence-electron chi connectivity index (χ4n) is 1.97. The van der Waals surface area contributed by atoms with E-state index in [0.717, 1.165) is 0 Å². The fourth-order valence-corrected chi connectivity index (χ4v) is 3.34. The van der Waals surface area contributed by atoms with Gasteiger partial charge in [-0.3, -0.25) is 0 Å². The van der Waals surface area contributed by atoms with Crippen LogP contribution in [0.15, 0.2) is 47.4 Å². The highest BCUT2D eigenvalue weighted by Crippen LogP contribution is 2.24. The highest BCUT2D eigenvalue weighted by Gasteiger charge is 2.21. The lowest BCUT2D eigenvalue weighted by Gasteiger charge is -2.08. The Kier molecular flexibility index (Phi) is 5.38. The third-order valence-electron chi connectivity index (χ3n) is 3.13. The molecule has 2 heterocycles. The molecule has 0 bridgehead atoms. The first-order valence-electron chi connectivity index (χ1n) is 7.47. The van der Waals surface area contributed by atoms with E-state index in [1.54, 1.807) is 19.1 Å². The quantitative estimate of drug-likeness (QED) is 0.568. The lowest BCUT2D eigenvalue weighted by atomic mass is 10.4. The topological polar surface area (TPSA) is 113 Å². The van der Waals surface area contributed by atoms with Gasteiger partial charge in [0.25, 0.3) is 5.88 Å². The molecular formula is C16H13ClN4O5S. The second-order valence-electron chi connectivity index (χ2n) is 5.11. The summed E-state index contributed by atoms with van der Waals surface area (Å²) in [5.41, 5.74) is 0.635. The van der Waals surface area contributed by atoms with E-state index < -0.39 is 10.1 Å². The highest BCUT2D eigenvalue weighted by atomic mass is 35.5. The Bertz CT molecular complexity index is 1060. The molecular weight excluding hydrogens is 396 g/mol. The van der Waals surface area contributed by atoms with E-state index in [2.05, 4.69) is 20.2 Å². The SMILES string of the molecule is COc1cc(C)nc(Oc2ccc(OS(=O)(=O)c3ccccc3Cl)nn2)n1. The summed E-state index contributed by atoms with van der Waals surface area (Å²) in [6.07, 6.45) is 0. The van der Waals surface area contributed by atoms with Crippen LogP contribution in [0.1, 0.15) is 5.69 Å². The van der Waals surface area contributed by atoms with Crippen LogP contribution in [0.4, 0.5) is 0 Å². The summed E-state index contributed by atoms with van der Waals surface area (Å²) in [6.45, 7) is 1.75. The van der Waals surface area contributed by atoms with Crippen LogP contribution in [0.3, 0.4) is 0 Å². The molecule has 0 N–H and O–H groups in total. The Morgan fingerprint density at radius 3 is 2.33 bits per heavy atom. The number of benzene rings is 1. The molecule has 27 heavy (non-hydrogen) atoms. The minimum Gasteiger partial charge on any atom is -0.481 e. The number of aromatic nitrogens is 4. The van der Waals surface area contributed by atoms with E-state index in [1.165, 1.54) is 37.4 Å². The molecule has 0 atom stereocenters. The smallest absolute Gasteiger partial charge is 0.342 e. The van der Waals surface area contributed by atoms with Crippen molar-refractivity contribution in [3.8, 4) is 23.7 Å². The lowest BCUT2D eigenvalue weighted by Crippen LogP contribution is -2.11. The molecule has 3 aromatic rings. The third kappa shape index (κ3) is 4.60. The molecule has 0 radical (unpaired) electrons. The Labute approximate surface area is 160 Å². The zero-order chi connectivity index (χ0) is 19.4. The molecule has 0 amide bonds. The standard InChI is InChI=1S/C16H13ClN4O5S/c1-10-9-15(24-2)19-16(18-10)25-13-7-8-14(21-20-13)26-27(22,23)12-6-4-3-5-11(12)17/h3-9H,1-2H3. The molecule has 0 saturated heterocycles. The number of aryl methyl sites for hydroxylation is 1. The van der Waals surface area contributed by atoms with Gasteiger partial charge in [0.1, 0.15) is 4.90 Å². The van der Waals surface area contributed by atoms with Crippen LogP contribution in [-0.4, -0.2) is 35.7 Å². The minimum atomic E-state index is -4.15. The van der Waals surface area contributed by atoms with Gasteiger partial charge in [-0.2, -0.15) is 18.4 Å². The molecule has 9 nitrogen and oxygen atoms in total. The van der Waals surface area contributed by atoms with E-state index in [4.69, 9.17) is 25.3 Å². The van der Waals surface area contributed by atoms with E-state index in [1.807, 2.05) is 0 Å². The molecule has 140 valence electrons. The van der Waals surface area contributed by atoms with Gasteiger partial charge in [-0.05, 0) is 19.1 Å². The van der Waals surface area contributed by atoms with Crippen molar-refractivity contribution in [2.75, 3.05) is 7.11 Å². The molecule has 11 heteroatoms. The van der Waals surface area contributed by atoms with Crippen LogP contribution in [-0.2, 0) is 10.1 Å². The molecule has 0 aliphatic carbocycles. The zero-order valence-corrected chi connectivity index (χ0v) is 15.7. The van der Waals surface area contributed by atoms with Crippen molar-refractivity contribution < 1.29 is 22.1 Å². The van der Waals surface area contributed by atoms with Crippen LogP contribution < -0.4 is 13.7 Å². The van der Waals surface area contributed by atoms with Gasteiger partial charge in [-0.25, -0.2) is 0 Å². The summed E-state index contributed by atoms with van der Waals surface area (Å²) >= 11 is 5.89. The molecule has 0 aliphatic heterocycles. The van der Waals surface area contributed by atoms with Crippen LogP contribution in [0.5, 0.6) is 23.7 Å². The van der Waals surface area contributed by atoms with Crippen molar-refractivity contribution in [2.45, 2.75) is 11.8 Å². The van der Waals surface area contributed by atoms with E-state index in [9.17, 15) is 8.42 Å². The molecule has 0 saturated carbocycles. The van der Waals surface area contributed by atoms with Crippen molar-refractivity contribution in [3.05, 3.63) is 53.2 Å². The summed E-state index contributed by atoms with van der Waals surface area (Å²) in [5, 5.41) is 7.46. The van der Waals surface area contributed by atoms with Gasteiger partial charge >= 0.3 is 16.1 Å². The molecule has 3 rings (SSSR count). The van der Waals surface area contributed by atoms with Crippen molar-refractivity contribution >= 4 is 21.7 Å². The maximum atomic E-state index is 12.3. The van der Waals surface area contributed by atoms with Gasteiger partial charge in [0.2, 0.25) is 11.8 Å². The molecule has 0 spiro atoms. The van der Waals surface area contributed by atoms with E-state index >= 15 is 0 Å². The molecule has 0 aliphatic rings. The van der Waals surface area contributed by atoms with Gasteiger partial charge in [-0.1, -0.05) is 23.7 Å². The van der Waals surface area contributed by atoms with Crippen molar-refractivity contribution in [2.24, 2.45) is 0 Å². The Morgan fingerprint density at radius 2 is 1.67 bits per heavy atom. The first kappa shape index (κ1) is 18.8. The van der Waals surface area contributed by atoms with Crippen molar-refractivity contribution in [3.63, 3.8) is 0 Å². The molecule has 0 unspecified atom stereocenters. The zero-order valence-electron chi connectivity index (χ0n) is 14.2. The van der Waals surface area contributed by atoms with Crippen LogP contribution >= 0.6 is 11.6 Å². The largest absolute Gasteiger partial charge is 0.481 e. The molecule has 0 fully saturated rings. The predicted octanol–water partition coefficient (Wildman–Crippen LogP) is 2.80. The second-order valence-corrected chi connectivity index (χ2v) is 7.04. The van der Waals surface area contributed by atoms with Crippen molar-refractivity contribution in [1.29, 1.82) is 0 Å². The van der Waals surface area contributed by atoms with E-state index in [0.29, 0.717) is 11.6 Å². The number of methoxy groups -OCH3 is 1. The first-order valence-corrected chi connectivity index (χ1v) is 9.26. The summed E-state index contributed by atoms with van der Waals surface area (Å²) in [7, 11) is -2.68. The Morgan fingerprint density at radius 1 is 0.963 bits per heavy atom. The number of hydrogen-bond acceptors (Lipinski definition) is 9. The monoisotopic (exact) mass is 408 g/mol. The number of hydrogen-bond donors (Lipinski definition) is 0. The van der Waals surface area contributed by atoms with Gasteiger partial charge in [0.15, 0.2) is 0 Å². The fraction of sp³-hybridized carbons (Fsp3) is 0.125. The number of nitrogens with zero attached hydrogens (tertiary/aromatic N) is 4. The summed E-state index contributed by atoms with van der Waals surface area (Å²) in [6, 6.07) is 10.2. The molecule has 1 aromatic carbocycles. The molecule has 2 aromatic heterocycles. The average Bonchev–Trinajstić information content (AvgIpc) is 2.63. The summed E-state index contributed by atoms with van der Waals surface area (Å²) in [5.74, 6) is 0.131. The van der Waals surface area contributed by atoms with Crippen molar-refractivity contribution in [1.82, 2.24) is 20.2 Å². The summed E-state index contributed by atoms with van der Waals surface area (Å²) < 4.78 is 39.9. The lowest BCUT2D eigenvalue weighted by molar-refractivity contribution is 0.368. The van der Waals surface area contributed by atoms with E-state index in [-0.39, 0.29) is 27.7 Å². The Balaban J connectivity index is 1.76. The maximum absolute atomic E-state index is 12.3. The number of rotatable bonds is 6. The van der Waals surface area contributed by atoms with Crippen LogP contribution in [0, 0.1) is 6.92 Å². The Hall–Kier alpha value is -2.98. The highest BCUT2D eigenvalue weighted by molar-refractivity contribution is 7.87. The summed E-state index contributed by atoms with van der Waals surface area (Å²) in [4.78, 5) is 7.93. The maximum Gasteiger partial charge on any atom is 0.342 e. The number of ether oxygens (including phenoxy) is 2. The normalized spacial score (nSPS) is 11.1. The second kappa shape index (κ2) is 7.72.